The van der Waals surface area contributed by atoms with Gasteiger partial charge in [0, 0.05) is 13.1 Å². The maximum absolute atomic E-state index is 12.2. The highest BCUT2D eigenvalue weighted by Gasteiger charge is 2.28. The fourth-order valence-electron chi connectivity index (χ4n) is 3.08. The monoisotopic (exact) mass is 349 g/mol. The summed E-state index contributed by atoms with van der Waals surface area (Å²) in [4.78, 5) is 24.8. The third-order valence-electron chi connectivity index (χ3n) is 4.56. The average molecular weight is 349 g/mol. The van der Waals surface area contributed by atoms with E-state index in [2.05, 4.69) is 21.8 Å². The molecule has 0 amide bonds. The zero-order valence-electron chi connectivity index (χ0n) is 14.5. The minimum absolute atomic E-state index is 0.290. The first-order valence-electron chi connectivity index (χ1n) is 8.30. The van der Waals surface area contributed by atoms with Crippen LogP contribution in [0.3, 0.4) is 0 Å². The highest BCUT2D eigenvalue weighted by atomic mass is 32.1. The van der Waals surface area contributed by atoms with Crippen LogP contribution in [0.25, 0.3) is 10.2 Å². The van der Waals surface area contributed by atoms with Crippen molar-refractivity contribution in [1.82, 2.24) is 9.97 Å². The number of aliphatic hydroxyl groups excluding tert-OH is 1. The Morgan fingerprint density at radius 1 is 1.42 bits per heavy atom. The van der Waals surface area contributed by atoms with Crippen LogP contribution in [0.1, 0.15) is 41.3 Å². The Balaban J connectivity index is 2.09. The van der Waals surface area contributed by atoms with Crippen LogP contribution in [-0.4, -0.2) is 46.8 Å². The summed E-state index contributed by atoms with van der Waals surface area (Å²) in [6.07, 6.45) is 0.548. The van der Waals surface area contributed by atoms with Crippen molar-refractivity contribution in [1.29, 1.82) is 0 Å². The van der Waals surface area contributed by atoms with E-state index in [1.807, 2.05) is 13.8 Å². The third kappa shape index (κ3) is 2.98. The predicted octanol–water partition coefficient (Wildman–Crippen LogP) is 2.69. The zero-order chi connectivity index (χ0) is 17.4. The molecule has 0 radical (unpaired) electrons. The molecule has 3 heterocycles. The highest BCUT2D eigenvalue weighted by Crippen LogP contribution is 2.37. The van der Waals surface area contributed by atoms with Crippen molar-refractivity contribution in [2.45, 2.75) is 40.2 Å². The summed E-state index contributed by atoms with van der Waals surface area (Å²) in [6.45, 7) is 9.37. The molecule has 6 nitrogen and oxygen atoms in total. The number of aromatic nitrogens is 2. The quantitative estimate of drug-likeness (QED) is 0.859. The van der Waals surface area contributed by atoms with Crippen molar-refractivity contribution >= 4 is 33.3 Å². The number of fused-ring (bicyclic) bond motifs is 1. The van der Waals surface area contributed by atoms with Gasteiger partial charge in [0.2, 0.25) is 0 Å². The van der Waals surface area contributed by atoms with E-state index in [9.17, 15) is 9.90 Å². The number of hydrogen-bond acceptors (Lipinski definition) is 7. The van der Waals surface area contributed by atoms with Gasteiger partial charge in [-0.2, -0.15) is 0 Å². The van der Waals surface area contributed by atoms with Crippen LogP contribution in [0.5, 0.6) is 0 Å². The van der Waals surface area contributed by atoms with Crippen molar-refractivity contribution in [3.8, 4) is 0 Å². The fourth-order valence-corrected chi connectivity index (χ4v) is 4.20. The maximum atomic E-state index is 12.2. The van der Waals surface area contributed by atoms with Crippen molar-refractivity contribution in [2.24, 2.45) is 5.92 Å². The number of piperidine rings is 1. The topological polar surface area (TPSA) is 75.5 Å². The van der Waals surface area contributed by atoms with Gasteiger partial charge >= 0.3 is 5.97 Å². The van der Waals surface area contributed by atoms with E-state index in [4.69, 9.17) is 4.74 Å². The normalized spacial score (nSPS) is 21.3. The number of rotatable bonds is 3. The molecule has 2 aromatic rings. The van der Waals surface area contributed by atoms with Crippen molar-refractivity contribution < 1.29 is 14.6 Å². The predicted molar refractivity (Wildman–Crippen MR) is 94.8 cm³/mol. The number of esters is 1. The van der Waals surface area contributed by atoms with Gasteiger partial charge in [0.15, 0.2) is 0 Å². The van der Waals surface area contributed by atoms with Crippen LogP contribution >= 0.6 is 11.3 Å². The molecule has 0 saturated carbocycles. The van der Waals surface area contributed by atoms with Gasteiger partial charge < -0.3 is 14.7 Å². The number of aliphatic hydroxyl groups is 1. The number of carbonyl (C=O) groups excluding carboxylic acids is 1. The van der Waals surface area contributed by atoms with Gasteiger partial charge in [-0.25, -0.2) is 14.8 Å². The summed E-state index contributed by atoms with van der Waals surface area (Å²) >= 11 is 1.35. The Morgan fingerprint density at radius 2 is 2.17 bits per heavy atom. The average Bonchev–Trinajstić information content (AvgIpc) is 2.86. The van der Waals surface area contributed by atoms with Gasteiger partial charge in [-0.05, 0) is 38.7 Å². The molecule has 0 aliphatic carbocycles. The van der Waals surface area contributed by atoms with Crippen molar-refractivity contribution in [3.05, 3.63) is 16.3 Å². The van der Waals surface area contributed by atoms with Crippen LogP contribution < -0.4 is 4.90 Å². The summed E-state index contributed by atoms with van der Waals surface area (Å²) < 4.78 is 5.15. The second kappa shape index (κ2) is 6.64. The summed E-state index contributed by atoms with van der Waals surface area (Å²) in [5.41, 5.74) is 0.858. The molecule has 7 heteroatoms. The van der Waals surface area contributed by atoms with Crippen LogP contribution in [0.4, 0.5) is 5.82 Å². The summed E-state index contributed by atoms with van der Waals surface area (Å²) in [5, 5.41) is 11.1. The molecular weight excluding hydrogens is 326 g/mol. The second-order valence-electron chi connectivity index (χ2n) is 6.33. The molecule has 2 unspecified atom stereocenters. The van der Waals surface area contributed by atoms with Crippen LogP contribution in [-0.2, 0) is 4.74 Å². The first-order valence-corrected chi connectivity index (χ1v) is 9.11. The molecule has 1 aliphatic heterocycles. The second-order valence-corrected chi connectivity index (χ2v) is 7.33. The van der Waals surface area contributed by atoms with E-state index in [1.165, 1.54) is 11.3 Å². The molecule has 1 fully saturated rings. The van der Waals surface area contributed by atoms with Crippen molar-refractivity contribution in [2.75, 3.05) is 24.6 Å². The number of thiophene rings is 1. The lowest BCUT2D eigenvalue weighted by molar-refractivity contribution is 0.0531. The molecule has 1 N–H and O–H groups in total. The van der Waals surface area contributed by atoms with Gasteiger partial charge in [0.05, 0.1) is 18.1 Å². The zero-order valence-corrected chi connectivity index (χ0v) is 15.3. The number of anilines is 1. The van der Waals surface area contributed by atoms with E-state index < -0.39 is 0 Å². The Bertz CT molecular complexity index is 774. The lowest BCUT2D eigenvalue weighted by atomic mass is 9.96. The van der Waals surface area contributed by atoms with Gasteiger partial charge in [0.1, 0.15) is 21.3 Å². The third-order valence-corrected chi connectivity index (χ3v) is 5.73. The number of aryl methyl sites for hydroxylation is 2. The highest BCUT2D eigenvalue weighted by molar-refractivity contribution is 7.20. The molecule has 130 valence electrons. The molecule has 1 aliphatic rings. The van der Waals surface area contributed by atoms with E-state index in [1.54, 1.807) is 6.92 Å². The van der Waals surface area contributed by atoms with E-state index in [0.29, 0.717) is 29.8 Å². The Hall–Kier alpha value is -1.73. The smallest absolute Gasteiger partial charge is 0.348 e. The number of ether oxygens (including phenoxy) is 1. The van der Waals surface area contributed by atoms with Crippen LogP contribution in [0, 0.1) is 19.8 Å². The molecule has 0 aromatic carbocycles. The van der Waals surface area contributed by atoms with Crippen LogP contribution in [0.2, 0.25) is 0 Å². The minimum Gasteiger partial charge on any atom is -0.462 e. The van der Waals surface area contributed by atoms with E-state index in [-0.39, 0.29) is 12.1 Å². The summed E-state index contributed by atoms with van der Waals surface area (Å²) in [7, 11) is 0. The molecule has 0 bridgehead atoms. The van der Waals surface area contributed by atoms with Gasteiger partial charge in [0.25, 0.3) is 0 Å². The lowest BCUT2D eigenvalue weighted by Gasteiger charge is -2.35. The first-order chi connectivity index (χ1) is 11.4. The first kappa shape index (κ1) is 17.1. The summed E-state index contributed by atoms with van der Waals surface area (Å²) in [6, 6.07) is 0. The molecule has 2 aromatic heterocycles. The molecule has 3 rings (SSSR count). The van der Waals surface area contributed by atoms with Crippen molar-refractivity contribution in [3.63, 3.8) is 0 Å². The summed E-state index contributed by atoms with van der Waals surface area (Å²) in [5.74, 6) is 1.46. The minimum atomic E-state index is -0.368. The molecule has 2 atom stereocenters. The van der Waals surface area contributed by atoms with Gasteiger partial charge in [-0.1, -0.05) is 6.92 Å². The number of carbonyl (C=O) groups is 1. The largest absolute Gasteiger partial charge is 0.462 e. The number of nitrogens with zero attached hydrogens (tertiary/aromatic N) is 3. The van der Waals surface area contributed by atoms with E-state index in [0.717, 1.165) is 34.6 Å². The van der Waals surface area contributed by atoms with E-state index >= 15 is 0 Å². The molecular formula is C17H23N3O3S. The lowest BCUT2D eigenvalue weighted by Crippen LogP contribution is -2.43. The number of hydrogen-bond donors (Lipinski definition) is 1. The maximum Gasteiger partial charge on any atom is 0.348 e. The van der Waals surface area contributed by atoms with Crippen LogP contribution in [0.15, 0.2) is 0 Å². The Kier molecular flexibility index (Phi) is 4.73. The Morgan fingerprint density at radius 3 is 2.83 bits per heavy atom. The van der Waals surface area contributed by atoms with Gasteiger partial charge in [-0.3, -0.25) is 0 Å². The number of β-amino-alcohol motifs (C(OH)–C–C–N with tert-alkyl or cyclic N) is 1. The standard InChI is InChI=1S/C17H23N3O3S/c1-5-23-17(22)14-10(3)13-15(18-11(4)19-16(13)24-14)20-7-6-9(2)12(21)8-20/h9,12,21H,5-8H2,1-4H3. The van der Waals surface area contributed by atoms with Gasteiger partial charge in [-0.15, -0.1) is 11.3 Å². The molecule has 24 heavy (non-hydrogen) atoms. The fraction of sp³-hybridized carbons (Fsp3) is 0.588. The Labute approximate surface area is 145 Å². The SMILES string of the molecule is CCOC(=O)c1sc2nc(C)nc(N3CCC(C)C(O)C3)c2c1C. The molecule has 1 saturated heterocycles. The molecule has 0 spiro atoms.